The van der Waals surface area contributed by atoms with Crippen molar-refractivity contribution in [2.24, 2.45) is 0 Å². The van der Waals surface area contributed by atoms with Crippen molar-refractivity contribution in [1.29, 1.82) is 0 Å². The minimum absolute atomic E-state index is 1.53. The maximum atomic E-state index is 3.78. The molecule has 2 heterocycles. The monoisotopic (exact) mass is 167 g/mol. The van der Waals surface area contributed by atoms with Crippen molar-refractivity contribution in [2.75, 3.05) is 0 Å². The second-order valence-corrected chi connectivity index (χ2v) is 2.40. The molecular formula is C7H9N3S. The third kappa shape index (κ3) is 4.41. The molecule has 1 aromatic rings. The molecule has 0 aromatic carbocycles. The molecule has 0 atom stereocenters. The molecule has 2 rings (SSSR count). The van der Waals surface area contributed by atoms with Crippen molar-refractivity contribution >= 4 is 11.9 Å². The van der Waals surface area contributed by atoms with Crippen LogP contribution in [0.5, 0.6) is 0 Å². The van der Waals surface area contributed by atoms with Crippen LogP contribution in [0.25, 0.3) is 0 Å². The van der Waals surface area contributed by atoms with Crippen LogP contribution in [0.2, 0.25) is 0 Å². The van der Waals surface area contributed by atoms with Crippen LogP contribution >= 0.6 is 11.9 Å². The summed E-state index contributed by atoms with van der Waals surface area (Å²) < 4.78 is 0. The minimum Gasteiger partial charge on any atom is -0.318 e. The van der Waals surface area contributed by atoms with Crippen LogP contribution in [0.15, 0.2) is 42.2 Å². The second kappa shape index (κ2) is 5.76. The van der Waals surface area contributed by atoms with Crippen molar-refractivity contribution in [2.45, 2.75) is 0 Å². The zero-order chi connectivity index (χ0) is 7.78. The fraction of sp³-hybridized carbons (Fsp3) is 0. The van der Waals surface area contributed by atoms with Gasteiger partial charge in [-0.1, -0.05) is 6.07 Å². The Morgan fingerprint density at radius 2 is 1.91 bits per heavy atom. The summed E-state index contributed by atoms with van der Waals surface area (Å²) in [5.74, 6) is 0. The summed E-state index contributed by atoms with van der Waals surface area (Å²) in [5.41, 5.74) is 2.75. The Bertz CT molecular complexity index is 167. The van der Waals surface area contributed by atoms with Gasteiger partial charge in [-0.3, -0.25) is 4.98 Å². The van der Waals surface area contributed by atoms with Crippen LogP contribution in [0.3, 0.4) is 0 Å². The molecule has 58 valence electrons. The molecule has 0 unspecified atom stereocenters. The maximum Gasteiger partial charge on any atom is 0.0267 e. The van der Waals surface area contributed by atoms with E-state index in [2.05, 4.69) is 15.2 Å². The standard InChI is InChI=1S/C5H5N.C2H4N2S/c1-2-4-6-5-3-1;1-2-5-4-3-1/h1-5H;1-4H. The van der Waals surface area contributed by atoms with Crippen molar-refractivity contribution in [3.8, 4) is 0 Å². The predicted molar refractivity (Wildman–Crippen MR) is 47.2 cm³/mol. The first-order chi connectivity index (χ1) is 5.50. The van der Waals surface area contributed by atoms with E-state index in [0.717, 1.165) is 0 Å². The van der Waals surface area contributed by atoms with E-state index in [1.54, 1.807) is 12.4 Å². The van der Waals surface area contributed by atoms with Crippen molar-refractivity contribution in [3.63, 3.8) is 0 Å². The third-order valence-corrected chi connectivity index (χ3v) is 1.41. The number of nitrogens with zero attached hydrogens (tertiary/aromatic N) is 1. The van der Waals surface area contributed by atoms with Gasteiger partial charge in [0, 0.05) is 24.0 Å². The van der Waals surface area contributed by atoms with Gasteiger partial charge in [0.1, 0.15) is 0 Å². The van der Waals surface area contributed by atoms with Crippen LogP contribution in [-0.4, -0.2) is 4.98 Å². The number of aromatic nitrogens is 1. The van der Waals surface area contributed by atoms with Gasteiger partial charge in [0.05, 0.1) is 0 Å². The van der Waals surface area contributed by atoms with Gasteiger partial charge in [-0.05, 0) is 24.1 Å². The van der Waals surface area contributed by atoms with Gasteiger partial charge < -0.3 is 5.43 Å². The number of hydrogen-bond acceptors (Lipinski definition) is 4. The Kier molecular flexibility index (Phi) is 4.24. The van der Waals surface area contributed by atoms with Crippen LogP contribution in [-0.2, 0) is 0 Å². The fourth-order valence-corrected chi connectivity index (χ4v) is 0.823. The molecule has 0 amide bonds. The van der Waals surface area contributed by atoms with Crippen LogP contribution in [0.1, 0.15) is 0 Å². The zero-order valence-corrected chi connectivity index (χ0v) is 6.71. The summed E-state index contributed by atoms with van der Waals surface area (Å²) in [7, 11) is 0. The summed E-state index contributed by atoms with van der Waals surface area (Å²) in [4.78, 5) is 6.56. The molecule has 1 aliphatic rings. The molecule has 0 saturated carbocycles. The summed E-state index contributed by atoms with van der Waals surface area (Å²) in [6.07, 6.45) is 5.34. The lowest BCUT2D eigenvalue weighted by atomic mass is 10.5. The molecule has 1 aromatic heterocycles. The van der Waals surface area contributed by atoms with Gasteiger partial charge >= 0.3 is 0 Å². The van der Waals surface area contributed by atoms with E-state index in [1.807, 2.05) is 29.8 Å². The van der Waals surface area contributed by atoms with Crippen LogP contribution < -0.4 is 10.3 Å². The first-order valence-corrected chi connectivity index (χ1v) is 4.04. The predicted octanol–water partition coefficient (Wildman–Crippen LogP) is 1.30. The van der Waals surface area contributed by atoms with Crippen LogP contribution in [0.4, 0.5) is 0 Å². The van der Waals surface area contributed by atoms with E-state index in [-0.39, 0.29) is 0 Å². The molecule has 0 spiro atoms. The topological polar surface area (TPSA) is 37.0 Å². The average molecular weight is 167 g/mol. The summed E-state index contributed by atoms with van der Waals surface area (Å²) in [5, 5.41) is 1.93. The molecule has 0 aliphatic carbocycles. The Morgan fingerprint density at radius 1 is 1.09 bits per heavy atom. The van der Waals surface area contributed by atoms with Gasteiger partial charge in [0.2, 0.25) is 0 Å². The molecule has 11 heavy (non-hydrogen) atoms. The lowest BCUT2D eigenvalue weighted by molar-refractivity contribution is 0.896. The fourth-order valence-electron chi connectivity index (χ4n) is 0.483. The molecule has 2 N–H and O–H groups in total. The molecule has 0 fully saturated rings. The van der Waals surface area contributed by atoms with Gasteiger partial charge in [-0.15, -0.1) is 0 Å². The summed E-state index contributed by atoms with van der Waals surface area (Å²) >= 11 is 1.53. The summed E-state index contributed by atoms with van der Waals surface area (Å²) in [6, 6.07) is 5.72. The van der Waals surface area contributed by atoms with Crippen molar-refractivity contribution in [1.82, 2.24) is 15.2 Å². The van der Waals surface area contributed by atoms with Gasteiger partial charge in [0.15, 0.2) is 0 Å². The van der Waals surface area contributed by atoms with E-state index in [4.69, 9.17) is 0 Å². The molecular weight excluding hydrogens is 158 g/mol. The highest BCUT2D eigenvalue weighted by atomic mass is 32.2. The smallest absolute Gasteiger partial charge is 0.0267 e. The van der Waals surface area contributed by atoms with E-state index in [9.17, 15) is 0 Å². The Hall–Kier alpha value is -1.00. The Morgan fingerprint density at radius 3 is 2.09 bits per heavy atom. The normalized spacial score (nSPS) is 13.1. The van der Waals surface area contributed by atoms with Gasteiger partial charge in [0.25, 0.3) is 0 Å². The molecule has 1 aliphatic heterocycles. The van der Waals surface area contributed by atoms with Gasteiger partial charge in [-0.25, -0.2) is 0 Å². The number of rotatable bonds is 0. The quantitative estimate of drug-likeness (QED) is 0.571. The lowest BCUT2D eigenvalue weighted by Crippen LogP contribution is -2.11. The molecule has 0 bridgehead atoms. The van der Waals surface area contributed by atoms with Crippen molar-refractivity contribution in [3.05, 3.63) is 42.2 Å². The first kappa shape index (κ1) is 8.10. The molecule has 0 radical (unpaired) electrons. The largest absolute Gasteiger partial charge is 0.318 e. The lowest BCUT2D eigenvalue weighted by Gasteiger charge is -1.81. The average Bonchev–Trinajstić information content (AvgIpc) is 2.64. The van der Waals surface area contributed by atoms with E-state index in [0.29, 0.717) is 0 Å². The molecule has 3 nitrogen and oxygen atoms in total. The zero-order valence-electron chi connectivity index (χ0n) is 5.90. The SMILES string of the molecule is C1=CSNN1.c1ccncc1. The summed E-state index contributed by atoms with van der Waals surface area (Å²) in [6.45, 7) is 0. The number of hydrazine groups is 1. The highest BCUT2D eigenvalue weighted by molar-refractivity contribution is 8.00. The molecule has 0 saturated heterocycles. The maximum absolute atomic E-state index is 3.78. The Labute approximate surface area is 70.0 Å². The highest BCUT2D eigenvalue weighted by Gasteiger charge is 1.79. The van der Waals surface area contributed by atoms with Crippen LogP contribution in [0, 0.1) is 0 Å². The van der Waals surface area contributed by atoms with Crippen molar-refractivity contribution < 1.29 is 0 Å². The highest BCUT2D eigenvalue weighted by Crippen LogP contribution is 1.94. The van der Waals surface area contributed by atoms with E-state index >= 15 is 0 Å². The second-order valence-electron chi connectivity index (χ2n) is 1.69. The van der Waals surface area contributed by atoms with E-state index in [1.165, 1.54) is 11.9 Å². The minimum atomic E-state index is 1.53. The number of pyridine rings is 1. The first-order valence-electron chi connectivity index (χ1n) is 3.16. The molecule has 4 heteroatoms. The number of hydrogen-bond donors (Lipinski definition) is 2. The Balaban J connectivity index is 0.000000112. The third-order valence-electron chi connectivity index (χ3n) is 0.904. The van der Waals surface area contributed by atoms with Gasteiger partial charge in [-0.2, -0.15) is 4.83 Å². The van der Waals surface area contributed by atoms with E-state index < -0.39 is 0 Å². The number of nitrogens with one attached hydrogen (secondary N) is 2.